The molecule has 22 heteroatoms. The highest BCUT2D eigenvalue weighted by Crippen LogP contribution is 2.08. The van der Waals surface area contributed by atoms with Gasteiger partial charge in [-0.15, -0.1) is 0 Å². The van der Waals surface area contributed by atoms with Crippen LogP contribution in [0.1, 0.15) is 71.1 Å². The number of hydrogen-bond donors (Lipinski definition) is 10. The number of nitrogens with one attached hydrogen (secondary N) is 5. The minimum absolute atomic E-state index is 0.337. The number of rotatable bonds is 25. The SMILES string of the molecule is [B]C(=O)C(CCC(N)=O)NC(=O)C(CCC(=O)O)NC(=O)C(CCC(=O)O)NC(=O)C(CCC(=O)O)NC(=O)C(CCC(=O)O)NC(C)=O. The third-order valence-corrected chi connectivity index (χ3v) is 6.52. The average Bonchev–Trinajstić information content (AvgIpc) is 2.98. The van der Waals surface area contributed by atoms with Crippen molar-refractivity contribution in [2.24, 2.45) is 5.73 Å². The second-order valence-corrected chi connectivity index (χ2v) is 10.6. The van der Waals surface area contributed by atoms with E-state index in [-0.39, 0.29) is 12.8 Å². The van der Waals surface area contributed by atoms with Gasteiger partial charge in [-0.05, 0) is 32.1 Å². The minimum Gasteiger partial charge on any atom is -0.481 e. The molecule has 0 aromatic carbocycles. The Labute approximate surface area is 279 Å². The number of carboxylic acid groups (broad SMARTS) is 4. The quantitative estimate of drug-likeness (QED) is 0.0405. The topological polar surface area (TPSA) is 355 Å². The molecule has 0 aromatic heterocycles. The number of primary amides is 1. The number of carboxylic acids is 4. The molecule has 49 heavy (non-hydrogen) atoms. The van der Waals surface area contributed by atoms with Crippen LogP contribution in [0.4, 0.5) is 0 Å². The largest absolute Gasteiger partial charge is 0.481 e. The molecule has 21 nitrogen and oxygen atoms in total. The maximum Gasteiger partial charge on any atom is 0.303 e. The van der Waals surface area contributed by atoms with Crippen molar-refractivity contribution >= 4 is 72.8 Å². The zero-order valence-corrected chi connectivity index (χ0v) is 26.4. The first-order valence-corrected chi connectivity index (χ1v) is 14.7. The summed E-state index contributed by atoms with van der Waals surface area (Å²) in [5.41, 5.74) is 3.95. The molecule has 2 radical (unpaired) electrons. The summed E-state index contributed by atoms with van der Waals surface area (Å²) in [5.74, 6) is -11.8. The summed E-state index contributed by atoms with van der Waals surface area (Å²) in [7, 11) is 5.24. The molecule has 0 rings (SSSR count). The lowest BCUT2D eigenvalue weighted by Gasteiger charge is -2.26. The Kier molecular flexibility index (Phi) is 19.6. The van der Waals surface area contributed by atoms with Gasteiger partial charge >= 0.3 is 23.9 Å². The van der Waals surface area contributed by atoms with Gasteiger partial charge in [0.05, 0.1) is 11.7 Å². The summed E-state index contributed by atoms with van der Waals surface area (Å²) in [5, 5.41) is 47.2. The molecule has 6 amide bonds. The van der Waals surface area contributed by atoms with Gasteiger partial charge in [0.25, 0.3) is 0 Å². The van der Waals surface area contributed by atoms with Crippen LogP contribution in [0.15, 0.2) is 0 Å². The molecular weight excluding hydrogens is 659 g/mol. The Morgan fingerprint density at radius 1 is 0.469 bits per heavy atom. The molecule has 5 atom stereocenters. The van der Waals surface area contributed by atoms with Crippen molar-refractivity contribution in [1.29, 1.82) is 0 Å². The van der Waals surface area contributed by atoms with Gasteiger partial charge in [0.1, 0.15) is 24.2 Å². The first-order chi connectivity index (χ1) is 22.7. The van der Waals surface area contributed by atoms with Crippen molar-refractivity contribution in [2.75, 3.05) is 0 Å². The maximum absolute atomic E-state index is 13.3. The summed E-state index contributed by atoms with van der Waals surface area (Å²) in [6.07, 6.45) is -5.67. The van der Waals surface area contributed by atoms with E-state index in [9.17, 15) is 57.8 Å². The van der Waals surface area contributed by atoms with E-state index in [1.807, 2.05) is 0 Å². The van der Waals surface area contributed by atoms with Gasteiger partial charge in [-0.3, -0.25) is 47.9 Å². The number of nitrogens with two attached hydrogens (primary N) is 1. The van der Waals surface area contributed by atoms with Crippen LogP contribution < -0.4 is 32.3 Å². The molecule has 270 valence electrons. The number of amides is 6. The number of aliphatic carboxylic acids is 4. The van der Waals surface area contributed by atoms with Crippen LogP contribution in [0.3, 0.4) is 0 Å². The average molecular weight is 698 g/mol. The third-order valence-electron chi connectivity index (χ3n) is 6.52. The Morgan fingerprint density at radius 3 is 0.939 bits per heavy atom. The lowest BCUT2D eigenvalue weighted by atomic mass is 9.91. The van der Waals surface area contributed by atoms with E-state index in [0.717, 1.165) is 6.92 Å². The lowest BCUT2D eigenvalue weighted by Crippen LogP contribution is -2.59. The van der Waals surface area contributed by atoms with Gasteiger partial charge < -0.3 is 57.5 Å². The molecule has 0 saturated carbocycles. The highest BCUT2D eigenvalue weighted by atomic mass is 16.4. The predicted molar refractivity (Wildman–Crippen MR) is 162 cm³/mol. The van der Waals surface area contributed by atoms with E-state index >= 15 is 0 Å². The van der Waals surface area contributed by atoms with Gasteiger partial charge in [-0.25, -0.2) is 0 Å². The molecule has 0 heterocycles. The fraction of sp³-hybridized carbons (Fsp3) is 0.593. The Morgan fingerprint density at radius 2 is 0.714 bits per heavy atom. The molecule has 0 aromatic rings. The summed E-state index contributed by atoms with van der Waals surface area (Å²) >= 11 is 0. The molecule has 0 aliphatic heterocycles. The smallest absolute Gasteiger partial charge is 0.303 e. The minimum atomic E-state index is -1.78. The lowest BCUT2D eigenvalue weighted by molar-refractivity contribution is -0.140. The van der Waals surface area contributed by atoms with Gasteiger partial charge in [-0.2, -0.15) is 0 Å². The Bertz CT molecular complexity index is 1290. The maximum atomic E-state index is 13.3. The third kappa shape index (κ3) is 19.6. The molecule has 0 saturated heterocycles. The molecule has 0 aliphatic carbocycles. The zero-order chi connectivity index (χ0) is 37.8. The fourth-order valence-corrected chi connectivity index (χ4v) is 4.05. The predicted octanol–water partition coefficient (Wildman–Crippen LogP) is -4.15. The van der Waals surface area contributed by atoms with Crippen LogP contribution in [-0.4, -0.2) is 123 Å². The van der Waals surface area contributed by atoms with Crippen LogP contribution in [0.25, 0.3) is 0 Å². The molecule has 5 unspecified atom stereocenters. The Hall–Kier alpha value is -5.57. The second-order valence-electron chi connectivity index (χ2n) is 10.6. The summed E-state index contributed by atoms with van der Waals surface area (Å²) < 4.78 is 0. The van der Waals surface area contributed by atoms with Crippen molar-refractivity contribution in [1.82, 2.24) is 26.6 Å². The van der Waals surface area contributed by atoms with Crippen molar-refractivity contribution in [2.45, 2.75) is 101 Å². The number of hydrogen-bond acceptors (Lipinski definition) is 11. The van der Waals surface area contributed by atoms with E-state index in [1.54, 1.807) is 0 Å². The van der Waals surface area contributed by atoms with Crippen molar-refractivity contribution in [3.63, 3.8) is 0 Å². The Balaban J connectivity index is 6.26. The van der Waals surface area contributed by atoms with Gasteiger partial charge in [0.15, 0.2) is 7.85 Å². The number of carbonyl (C=O) groups excluding carboxylic acids is 7. The molecule has 11 N–H and O–H groups in total. The molecule has 0 fully saturated rings. The van der Waals surface area contributed by atoms with Crippen LogP contribution in [0.5, 0.6) is 0 Å². The fourth-order valence-electron chi connectivity index (χ4n) is 4.05. The van der Waals surface area contributed by atoms with Crippen molar-refractivity contribution in [3.8, 4) is 0 Å². The van der Waals surface area contributed by atoms with Crippen LogP contribution in [0.2, 0.25) is 0 Å². The summed E-state index contributed by atoms with van der Waals surface area (Å²) in [6.45, 7) is 1.03. The van der Waals surface area contributed by atoms with Crippen molar-refractivity contribution in [3.05, 3.63) is 0 Å². The molecule has 0 aliphatic rings. The first-order valence-electron chi connectivity index (χ1n) is 14.7. The van der Waals surface area contributed by atoms with E-state index < -0.39 is 147 Å². The zero-order valence-electron chi connectivity index (χ0n) is 26.4. The van der Waals surface area contributed by atoms with Gasteiger partial charge in [-0.1, -0.05) is 0 Å². The highest BCUT2D eigenvalue weighted by molar-refractivity contribution is 6.59. The van der Waals surface area contributed by atoms with Crippen LogP contribution in [0, 0.1) is 0 Å². The van der Waals surface area contributed by atoms with Crippen LogP contribution in [-0.2, 0) is 52.7 Å². The number of carbonyl (C=O) groups is 11. The normalized spacial score (nSPS) is 13.6. The van der Waals surface area contributed by atoms with E-state index in [1.165, 1.54) is 0 Å². The summed E-state index contributed by atoms with van der Waals surface area (Å²) in [4.78, 5) is 132. The van der Waals surface area contributed by atoms with Crippen LogP contribution >= 0.6 is 0 Å². The molecular formula is C27H39BN6O15. The second kappa shape index (κ2) is 22.1. The van der Waals surface area contributed by atoms with E-state index in [0.29, 0.717) is 0 Å². The molecule has 0 spiro atoms. The van der Waals surface area contributed by atoms with Gasteiger partial charge in [0, 0.05) is 39.0 Å². The van der Waals surface area contributed by atoms with Gasteiger partial charge in [0.2, 0.25) is 35.4 Å². The van der Waals surface area contributed by atoms with Crippen molar-refractivity contribution < 1.29 is 73.2 Å². The standard InChI is InChI=1S/C27H39BN6O15/c1-12(35)30-14(3-8-19(37)38)24(46)32-16(5-10-21(41)42)26(48)34-17(6-11-22(43)44)27(49)33-15(4-9-20(39)40)25(47)31-13(23(28)45)2-7-18(29)36/h13-17H,2-11H2,1H3,(H2,29,36)(H,30,35)(H,31,47)(H,32,46)(H,33,49)(H,34,48)(H,37,38)(H,39,40)(H,41,42)(H,43,44). The summed E-state index contributed by atoms with van der Waals surface area (Å²) in [6, 6.07) is -8.16. The first kappa shape index (κ1) is 43.4. The molecule has 0 bridgehead atoms. The van der Waals surface area contributed by atoms with E-state index in [4.69, 9.17) is 28.9 Å². The van der Waals surface area contributed by atoms with E-state index in [2.05, 4.69) is 26.6 Å². The monoisotopic (exact) mass is 698 g/mol. The highest BCUT2D eigenvalue weighted by Gasteiger charge is 2.33.